The van der Waals surface area contributed by atoms with Crippen molar-refractivity contribution in [2.45, 2.75) is 69.6 Å². The SMILES string of the molecule is Cn1nc(-c2nn(C3CCCCO3)c3ccc(OC4(C)CC4)cc23)cc(N2CCCC(F)(F)C2)c1=O. The number of rotatable bonds is 5. The summed E-state index contributed by atoms with van der Waals surface area (Å²) < 4.78 is 43.7. The molecular weight excluding hydrogens is 468 g/mol. The van der Waals surface area contributed by atoms with Crippen molar-refractivity contribution in [3.8, 4) is 17.1 Å². The first-order chi connectivity index (χ1) is 17.2. The van der Waals surface area contributed by atoms with E-state index in [1.807, 2.05) is 22.9 Å². The van der Waals surface area contributed by atoms with E-state index in [2.05, 4.69) is 12.0 Å². The molecule has 1 unspecified atom stereocenters. The number of hydrogen-bond acceptors (Lipinski definition) is 6. The number of anilines is 1. The maximum Gasteiger partial charge on any atom is 0.290 e. The number of hydrogen-bond donors (Lipinski definition) is 0. The van der Waals surface area contributed by atoms with Gasteiger partial charge in [-0.3, -0.25) is 4.79 Å². The highest BCUT2D eigenvalue weighted by molar-refractivity contribution is 5.93. The molecule has 2 aromatic heterocycles. The van der Waals surface area contributed by atoms with Crippen LogP contribution in [0.3, 0.4) is 0 Å². The van der Waals surface area contributed by atoms with E-state index in [1.54, 1.807) is 13.1 Å². The molecule has 3 aromatic rings. The number of ether oxygens (including phenoxy) is 2. The fourth-order valence-electron chi connectivity index (χ4n) is 5.18. The summed E-state index contributed by atoms with van der Waals surface area (Å²) in [5.41, 5.74) is 1.59. The van der Waals surface area contributed by atoms with Crippen LogP contribution < -0.4 is 15.2 Å². The predicted octanol–water partition coefficient (Wildman–Crippen LogP) is 4.66. The van der Waals surface area contributed by atoms with Crippen LogP contribution in [0, 0.1) is 0 Å². The van der Waals surface area contributed by atoms with Gasteiger partial charge in [0.25, 0.3) is 11.5 Å². The van der Waals surface area contributed by atoms with Crippen molar-refractivity contribution in [3.63, 3.8) is 0 Å². The predicted molar refractivity (Wildman–Crippen MR) is 132 cm³/mol. The van der Waals surface area contributed by atoms with E-state index in [1.165, 1.54) is 9.58 Å². The zero-order valence-corrected chi connectivity index (χ0v) is 20.7. The topological polar surface area (TPSA) is 74.4 Å². The summed E-state index contributed by atoms with van der Waals surface area (Å²) in [5, 5.41) is 10.2. The van der Waals surface area contributed by atoms with Gasteiger partial charge in [-0.1, -0.05) is 0 Å². The summed E-state index contributed by atoms with van der Waals surface area (Å²) in [6, 6.07) is 7.50. The molecule has 0 radical (unpaired) electrons. The number of aryl methyl sites for hydroxylation is 1. The van der Waals surface area contributed by atoms with Crippen molar-refractivity contribution in [2.24, 2.45) is 7.05 Å². The Balaban J connectivity index is 1.48. The molecule has 0 N–H and O–H groups in total. The van der Waals surface area contributed by atoms with Gasteiger partial charge >= 0.3 is 0 Å². The minimum Gasteiger partial charge on any atom is -0.488 e. The summed E-state index contributed by atoms with van der Waals surface area (Å²) in [6.07, 6.45) is 4.90. The van der Waals surface area contributed by atoms with Crippen molar-refractivity contribution in [1.29, 1.82) is 0 Å². The Bertz CT molecular complexity index is 1360. The number of halogens is 2. The summed E-state index contributed by atoms with van der Waals surface area (Å²) in [7, 11) is 1.54. The quantitative estimate of drug-likeness (QED) is 0.508. The summed E-state index contributed by atoms with van der Waals surface area (Å²) in [6.45, 7) is 2.68. The molecule has 1 atom stereocenters. The second kappa shape index (κ2) is 8.54. The van der Waals surface area contributed by atoms with Gasteiger partial charge < -0.3 is 14.4 Å². The minimum atomic E-state index is -2.83. The zero-order valence-electron chi connectivity index (χ0n) is 20.7. The smallest absolute Gasteiger partial charge is 0.290 e. The molecule has 0 amide bonds. The number of piperidine rings is 1. The van der Waals surface area contributed by atoms with Crippen LogP contribution in [-0.4, -0.2) is 50.8 Å². The maximum atomic E-state index is 14.2. The first kappa shape index (κ1) is 23.4. The molecule has 0 spiro atoms. The highest BCUT2D eigenvalue weighted by Gasteiger charge is 2.40. The van der Waals surface area contributed by atoms with Crippen molar-refractivity contribution in [3.05, 3.63) is 34.6 Å². The van der Waals surface area contributed by atoms with Crippen LogP contribution in [0.25, 0.3) is 22.3 Å². The second-order valence-electron chi connectivity index (χ2n) is 10.6. The van der Waals surface area contributed by atoms with Gasteiger partial charge in [-0.05, 0) is 69.7 Å². The van der Waals surface area contributed by atoms with Crippen LogP contribution in [0.4, 0.5) is 14.5 Å². The van der Waals surface area contributed by atoms with E-state index in [9.17, 15) is 13.6 Å². The van der Waals surface area contributed by atoms with E-state index in [4.69, 9.17) is 14.6 Å². The molecule has 1 aromatic carbocycles. The number of benzene rings is 1. The van der Waals surface area contributed by atoms with E-state index in [0.717, 1.165) is 48.8 Å². The molecule has 1 aliphatic carbocycles. The molecule has 36 heavy (non-hydrogen) atoms. The van der Waals surface area contributed by atoms with Crippen LogP contribution in [0.2, 0.25) is 0 Å². The van der Waals surface area contributed by atoms with E-state index < -0.39 is 18.0 Å². The number of alkyl halides is 2. The van der Waals surface area contributed by atoms with Gasteiger partial charge in [0.2, 0.25) is 0 Å². The highest BCUT2D eigenvalue weighted by Crippen LogP contribution is 2.41. The largest absolute Gasteiger partial charge is 0.488 e. The molecule has 3 fully saturated rings. The van der Waals surface area contributed by atoms with Crippen molar-refractivity contribution in [1.82, 2.24) is 19.6 Å². The Morgan fingerprint density at radius 2 is 1.94 bits per heavy atom. The number of aromatic nitrogens is 4. The van der Waals surface area contributed by atoms with Crippen LogP contribution in [0.15, 0.2) is 29.1 Å². The average molecular weight is 500 g/mol. The Hall–Kier alpha value is -3.01. The number of fused-ring (bicyclic) bond motifs is 1. The number of nitrogens with zero attached hydrogens (tertiary/aromatic N) is 5. The highest BCUT2D eigenvalue weighted by atomic mass is 19.3. The lowest BCUT2D eigenvalue weighted by Crippen LogP contribution is -2.45. The monoisotopic (exact) mass is 499 g/mol. The average Bonchev–Trinajstić information content (AvgIpc) is 3.45. The molecule has 1 saturated carbocycles. The molecule has 192 valence electrons. The Morgan fingerprint density at radius 3 is 2.67 bits per heavy atom. The molecular formula is C26H31F2N5O3. The normalized spacial score (nSPS) is 23.1. The van der Waals surface area contributed by atoms with Crippen LogP contribution >= 0.6 is 0 Å². The van der Waals surface area contributed by atoms with Gasteiger partial charge in [-0.2, -0.15) is 10.2 Å². The van der Waals surface area contributed by atoms with Crippen molar-refractivity contribution < 1.29 is 18.3 Å². The lowest BCUT2D eigenvalue weighted by atomic mass is 10.1. The molecule has 3 aliphatic rings. The zero-order chi connectivity index (χ0) is 25.1. The fraction of sp³-hybridized carbons (Fsp3) is 0.577. The first-order valence-electron chi connectivity index (χ1n) is 12.8. The van der Waals surface area contributed by atoms with Crippen molar-refractivity contribution >= 4 is 16.6 Å². The third-order valence-corrected chi connectivity index (χ3v) is 7.44. The van der Waals surface area contributed by atoms with Crippen LogP contribution in [-0.2, 0) is 11.8 Å². The second-order valence-corrected chi connectivity index (χ2v) is 10.6. The van der Waals surface area contributed by atoms with Gasteiger partial charge in [0, 0.05) is 32.0 Å². The third kappa shape index (κ3) is 4.36. The van der Waals surface area contributed by atoms with Gasteiger partial charge in [-0.25, -0.2) is 18.1 Å². The molecule has 0 bridgehead atoms. The van der Waals surface area contributed by atoms with Gasteiger partial charge in [-0.15, -0.1) is 0 Å². The van der Waals surface area contributed by atoms with E-state index >= 15 is 0 Å². The summed E-state index contributed by atoms with van der Waals surface area (Å²) in [4.78, 5) is 14.4. The molecule has 2 saturated heterocycles. The minimum absolute atomic E-state index is 0.141. The lowest BCUT2D eigenvalue weighted by molar-refractivity contribution is -0.0365. The van der Waals surface area contributed by atoms with Crippen LogP contribution in [0.5, 0.6) is 5.75 Å². The van der Waals surface area contributed by atoms with E-state index in [-0.39, 0.29) is 23.9 Å². The van der Waals surface area contributed by atoms with Crippen molar-refractivity contribution in [2.75, 3.05) is 24.6 Å². The summed E-state index contributed by atoms with van der Waals surface area (Å²) in [5.74, 6) is -2.08. The molecule has 10 heteroatoms. The summed E-state index contributed by atoms with van der Waals surface area (Å²) >= 11 is 0. The molecule has 8 nitrogen and oxygen atoms in total. The molecule has 6 rings (SSSR count). The first-order valence-corrected chi connectivity index (χ1v) is 12.8. The standard InChI is InChI=1S/C26H31F2N5O3/c1-25(10-11-25)36-17-7-8-20-18(14-17)23(30-33(20)22-6-3-4-13-35-22)19-15-21(24(34)31(2)29-19)32-12-5-9-26(27,28)16-32/h7-8,14-15,22H,3-6,9-13,16H2,1-2H3. The van der Waals surface area contributed by atoms with E-state index in [0.29, 0.717) is 31.0 Å². The van der Waals surface area contributed by atoms with Gasteiger partial charge in [0.15, 0.2) is 6.23 Å². The van der Waals surface area contributed by atoms with Gasteiger partial charge in [0.1, 0.15) is 28.4 Å². The molecule has 2 aliphatic heterocycles. The Morgan fingerprint density at radius 1 is 1.11 bits per heavy atom. The van der Waals surface area contributed by atoms with Crippen LogP contribution in [0.1, 0.15) is 58.1 Å². The Labute approximate surface area is 207 Å². The molecule has 4 heterocycles. The fourth-order valence-corrected chi connectivity index (χ4v) is 5.18. The lowest BCUT2D eigenvalue weighted by Gasteiger charge is -2.33. The third-order valence-electron chi connectivity index (χ3n) is 7.44. The Kier molecular flexibility index (Phi) is 5.55. The van der Waals surface area contributed by atoms with Gasteiger partial charge in [0.05, 0.1) is 12.1 Å². The maximum absolute atomic E-state index is 14.2.